The third kappa shape index (κ3) is 5.72. The third-order valence-corrected chi connectivity index (χ3v) is 5.23. The zero-order valence-electron chi connectivity index (χ0n) is 15.5. The molecular weight excluding hydrogens is 383 g/mol. The number of hydrogen-bond donors (Lipinski definition) is 1. The summed E-state index contributed by atoms with van der Waals surface area (Å²) in [6.45, 7) is 2.17. The van der Waals surface area contributed by atoms with Gasteiger partial charge >= 0.3 is 0 Å². The van der Waals surface area contributed by atoms with Crippen LogP contribution in [0.5, 0.6) is 0 Å². The molecule has 0 aliphatic carbocycles. The van der Waals surface area contributed by atoms with Crippen LogP contribution < -0.4 is 5.32 Å². The van der Waals surface area contributed by atoms with Crippen LogP contribution in [-0.4, -0.2) is 29.8 Å². The topological polar surface area (TPSA) is 49.4 Å². The molecule has 0 saturated heterocycles. The van der Waals surface area contributed by atoms with Gasteiger partial charge in [-0.2, -0.15) is 0 Å². The largest absolute Gasteiger partial charge is 0.357 e. The molecule has 144 valence electrons. The number of halogens is 2. The molecule has 0 aliphatic rings. The van der Waals surface area contributed by atoms with Crippen molar-refractivity contribution in [3.63, 3.8) is 0 Å². The lowest BCUT2D eigenvalue weighted by molar-refractivity contribution is -0.141. The van der Waals surface area contributed by atoms with E-state index in [1.54, 1.807) is 18.0 Å². The molecule has 0 aliphatic heterocycles. The molecule has 1 N–H and O–H groups in total. The number of carbonyl (C=O) groups excluding carboxylic acids is 2. The molecule has 1 atom stereocenters. The molecule has 2 aromatic rings. The van der Waals surface area contributed by atoms with Gasteiger partial charge in [0.1, 0.15) is 6.04 Å². The predicted molar refractivity (Wildman–Crippen MR) is 110 cm³/mol. The van der Waals surface area contributed by atoms with Crippen molar-refractivity contribution < 1.29 is 9.59 Å². The van der Waals surface area contributed by atoms with Crippen molar-refractivity contribution in [3.8, 4) is 0 Å². The minimum atomic E-state index is -0.551. The number of benzene rings is 2. The molecule has 0 fully saturated rings. The Kier molecular flexibility index (Phi) is 8.14. The van der Waals surface area contributed by atoms with Crippen LogP contribution in [0.1, 0.15) is 30.9 Å². The molecule has 0 bridgehead atoms. The second kappa shape index (κ2) is 10.3. The van der Waals surface area contributed by atoms with Gasteiger partial charge in [0, 0.05) is 30.1 Å². The highest BCUT2D eigenvalue weighted by Gasteiger charge is 2.28. The lowest BCUT2D eigenvalue weighted by atomic mass is 10.1. The first-order valence-corrected chi connectivity index (χ1v) is 9.71. The predicted octanol–water partition coefficient (Wildman–Crippen LogP) is 4.48. The van der Waals surface area contributed by atoms with Crippen molar-refractivity contribution in [2.75, 3.05) is 7.05 Å². The molecule has 0 aromatic heterocycles. The van der Waals surface area contributed by atoms with Gasteiger partial charge in [-0.1, -0.05) is 66.5 Å². The highest BCUT2D eigenvalue weighted by Crippen LogP contribution is 2.22. The number of nitrogens with one attached hydrogen (secondary N) is 1. The van der Waals surface area contributed by atoms with Gasteiger partial charge in [-0.05, 0) is 36.1 Å². The number of aryl methyl sites for hydroxylation is 1. The van der Waals surface area contributed by atoms with Crippen LogP contribution in [0.3, 0.4) is 0 Å². The number of hydrogen-bond acceptors (Lipinski definition) is 2. The second-order valence-corrected chi connectivity index (χ2v) is 7.06. The third-order valence-electron chi connectivity index (χ3n) is 4.50. The van der Waals surface area contributed by atoms with Gasteiger partial charge in [0.2, 0.25) is 11.8 Å². The van der Waals surface area contributed by atoms with E-state index in [0.717, 1.165) is 11.1 Å². The minimum Gasteiger partial charge on any atom is -0.357 e. The molecule has 2 amide bonds. The molecular formula is C21H24Cl2N2O2. The smallest absolute Gasteiger partial charge is 0.242 e. The maximum absolute atomic E-state index is 13.0. The van der Waals surface area contributed by atoms with Gasteiger partial charge in [0.05, 0.1) is 0 Å². The Balaban J connectivity index is 2.22. The van der Waals surface area contributed by atoms with E-state index in [1.165, 1.54) is 0 Å². The molecule has 0 saturated carbocycles. The average molecular weight is 407 g/mol. The van der Waals surface area contributed by atoms with Crippen molar-refractivity contribution in [1.82, 2.24) is 10.2 Å². The Bertz CT molecular complexity index is 795. The molecule has 0 heterocycles. The van der Waals surface area contributed by atoms with E-state index in [2.05, 4.69) is 5.32 Å². The van der Waals surface area contributed by atoms with E-state index in [1.807, 2.05) is 49.4 Å². The summed E-state index contributed by atoms with van der Waals surface area (Å²) in [5, 5.41) is 3.86. The number of amides is 2. The Labute approximate surface area is 170 Å². The van der Waals surface area contributed by atoms with Crippen molar-refractivity contribution in [2.45, 2.75) is 38.8 Å². The summed E-state index contributed by atoms with van der Waals surface area (Å²) >= 11 is 12.5. The van der Waals surface area contributed by atoms with E-state index in [0.29, 0.717) is 22.9 Å². The van der Waals surface area contributed by atoms with Crippen molar-refractivity contribution in [3.05, 3.63) is 69.7 Å². The molecule has 0 radical (unpaired) electrons. The van der Waals surface area contributed by atoms with E-state index in [4.69, 9.17) is 23.2 Å². The Morgan fingerprint density at radius 1 is 1.00 bits per heavy atom. The second-order valence-electron chi connectivity index (χ2n) is 6.24. The Hall–Kier alpha value is -2.04. The summed E-state index contributed by atoms with van der Waals surface area (Å²) in [5.74, 6) is -0.291. The van der Waals surface area contributed by atoms with Gasteiger partial charge in [-0.25, -0.2) is 0 Å². The molecule has 27 heavy (non-hydrogen) atoms. The Morgan fingerprint density at radius 2 is 1.56 bits per heavy atom. The molecule has 0 unspecified atom stereocenters. The van der Waals surface area contributed by atoms with Crippen LogP contribution in [0.4, 0.5) is 0 Å². The number of rotatable bonds is 8. The highest BCUT2D eigenvalue weighted by molar-refractivity contribution is 6.31. The van der Waals surface area contributed by atoms with Gasteiger partial charge in [0.25, 0.3) is 0 Å². The summed E-state index contributed by atoms with van der Waals surface area (Å²) in [6.07, 6.45) is 1.30. The molecule has 4 nitrogen and oxygen atoms in total. The van der Waals surface area contributed by atoms with Gasteiger partial charge in [-0.3, -0.25) is 9.59 Å². The summed E-state index contributed by atoms with van der Waals surface area (Å²) in [4.78, 5) is 27.0. The normalized spacial score (nSPS) is 11.7. The van der Waals surface area contributed by atoms with Crippen LogP contribution in [0.25, 0.3) is 0 Å². The fourth-order valence-corrected chi connectivity index (χ4v) is 3.41. The fourth-order valence-electron chi connectivity index (χ4n) is 2.98. The van der Waals surface area contributed by atoms with Gasteiger partial charge in [0.15, 0.2) is 0 Å². The first-order chi connectivity index (χ1) is 13.0. The zero-order chi connectivity index (χ0) is 19.8. The minimum absolute atomic E-state index is 0.106. The first-order valence-electron chi connectivity index (χ1n) is 8.95. The van der Waals surface area contributed by atoms with E-state index < -0.39 is 6.04 Å². The summed E-state index contributed by atoms with van der Waals surface area (Å²) in [7, 11) is 1.58. The quantitative estimate of drug-likeness (QED) is 0.702. The van der Waals surface area contributed by atoms with Crippen molar-refractivity contribution in [2.24, 2.45) is 0 Å². The van der Waals surface area contributed by atoms with Crippen LogP contribution in [0, 0.1) is 0 Å². The van der Waals surface area contributed by atoms with Crippen molar-refractivity contribution >= 4 is 35.0 Å². The lowest BCUT2D eigenvalue weighted by Crippen LogP contribution is -2.48. The first kappa shape index (κ1) is 21.3. The molecule has 6 heteroatoms. The average Bonchev–Trinajstić information content (AvgIpc) is 2.68. The summed E-state index contributed by atoms with van der Waals surface area (Å²) < 4.78 is 0. The number of likely N-dealkylation sites (N-methyl/N-ethyl adjacent to an activating group) is 1. The van der Waals surface area contributed by atoms with E-state index >= 15 is 0 Å². The van der Waals surface area contributed by atoms with E-state index in [-0.39, 0.29) is 24.8 Å². The van der Waals surface area contributed by atoms with Crippen LogP contribution >= 0.6 is 23.2 Å². The highest BCUT2D eigenvalue weighted by atomic mass is 35.5. The monoisotopic (exact) mass is 406 g/mol. The molecule has 2 rings (SSSR count). The number of nitrogens with zero attached hydrogens (tertiary/aromatic N) is 1. The van der Waals surface area contributed by atoms with Crippen molar-refractivity contribution in [1.29, 1.82) is 0 Å². The number of carbonyl (C=O) groups is 2. The summed E-state index contributed by atoms with van der Waals surface area (Å²) in [6, 6.07) is 14.3. The van der Waals surface area contributed by atoms with Crippen LogP contribution in [-0.2, 0) is 22.6 Å². The SMILES string of the molecule is CC[C@@H](C(=O)NC)N(Cc1ccccc1Cl)C(=O)CCc1ccccc1Cl. The maximum atomic E-state index is 13.0. The molecule has 0 spiro atoms. The lowest BCUT2D eigenvalue weighted by Gasteiger charge is -2.30. The fraction of sp³-hybridized carbons (Fsp3) is 0.333. The van der Waals surface area contributed by atoms with Gasteiger partial charge < -0.3 is 10.2 Å². The maximum Gasteiger partial charge on any atom is 0.242 e. The van der Waals surface area contributed by atoms with E-state index in [9.17, 15) is 9.59 Å². The molecule has 2 aromatic carbocycles. The standard InChI is InChI=1S/C21H24Cl2N2O2/c1-3-19(21(27)24-2)25(14-16-9-5-7-11-18(16)23)20(26)13-12-15-8-4-6-10-17(15)22/h4-11,19H,3,12-14H2,1-2H3,(H,24,27)/t19-/m0/s1. The Morgan fingerprint density at radius 3 is 2.07 bits per heavy atom. The van der Waals surface area contributed by atoms with Crippen LogP contribution in [0.2, 0.25) is 10.0 Å². The zero-order valence-corrected chi connectivity index (χ0v) is 17.1. The summed E-state index contributed by atoms with van der Waals surface area (Å²) in [5.41, 5.74) is 1.73. The van der Waals surface area contributed by atoms with Crippen LogP contribution in [0.15, 0.2) is 48.5 Å². The van der Waals surface area contributed by atoms with Gasteiger partial charge in [-0.15, -0.1) is 0 Å².